The van der Waals surface area contributed by atoms with Gasteiger partial charge in [-0.2, -0.15) is 8.42 Å². The Labute approximate surface area is 171 Å². The van der Waals surface area contributed by atoms with Gasteiger partial charge in [0, 0.05) is 5.56 Å². The van der Waals surface area contributed by atoms with E-state index in [2.05, 4.69) is 15.0 Å². The Kier molecular flexibility index (Phi) is 4.90. The minimum atomic E-state index is -4.33. The normalized spacial score (nSPS) is 11.4. The molecule has 0 bridgehead atoms. The molecule has 0 atom stereocenters. The molecule has 4 aromatic rings. The summed E-state index contributed by atoms with van der Waals surface area (Å²) >= 11 is 0. The first-order chi connectivity index (χ1) is 14.3. The summed E-state index contributed by atoms with van der Waals surface area (Å²) in [5, 5.41) is 20.4. The van der Waals surface area contributed by atoms with Crippen molar-refractivity contribution in [3.8, 4) is 45.7 Å². The zero-order valence-corrected chi connectivity index (χ0v) is 16.2. The first-order valence-corrected chi connectivity index (χ1v) is 10.2. The van der Waals surface area contributed by atoms with Crippen molar-refractivity contribution < 1.29 is 23.2 Å². The van der Waals surface area contributed by atoms with Gasteiger partial charge < -0.3 is 10.2 Å². The largest absolute Gasteiger partial charge is 0.507 e. The second kappa shape index (κ2) is 7.54. The predicted molar refractivity (Wildman–Crippen MR) is 109 cm³/mol. The molecule has 3 aromatic carbocycles. The Morgan fingerprint density at radius 1 is 0.600 bits per heavy atom. The first kappa shape index (κ1) is 19.5. The minimum Gasteiger partial charge on any atom is -0.507 e. The van der Waals surface area contributed by atoms with E-state index in [0.717, 1.165) is 0 Å². The Hall–Kier alpha value is -3.82. The van der Waals surface area contributed by atoms with Crippen LogP contribution in [-0.4, -0.2) is 38.1 Å². The predicted octanol–water partition coefficient (Wildman–Crippen LogP) is 3.53. The number of rotatable bonds is 4. The molecule has 0 amide bonds. The Bertz CT molecular complexity index is 1280. The van der Waals surface area contributed by atoms with E-state index in [0.29, 0.717) is 16.7 Å². The molecule has 1 aromatic heterocycles. The van der Waals surface area contributed by atoms with E-state index in [1.165, 1.54) is 36.4 Å². The summed E-state index contributed by atoms with van der Waals surface area (Å²) in [6.45, 7) is 0. The highest BCUT2D eigenvalue weighted by Gasteiger charge is 2.17. The maximum Gasteiger partial charge on any atom is 0.294 e. The summed E-state index contributed by atoms with van der Waals surface area (Å²) in [7, 11) is -4.33. The average Bonchev–Trinajstić information content (AvgIpc) is 2.73. The van der Waals surface area contributed by atoms with E-state index < -0.39 is 10.1 Å². The van der Waals surface area contributed by atoms with Crippen LogP contribution < -0.4 is 0 Å². The van der Waals surface area contributed by atoms with Gasteiger partial charge in [-0.05, 0) is 48.5 Å². The van der Waals surface area contributed by atoms with E-state index in [-0.39, 0.29) is 33.9 Å². The third-order valence-corrected chi connectivity index (χ3v) is 5.20. The van der Waals surface area contributed by atoms with Crippen LogP contribution >= 0.6 is 0 Å². The van der Waals surface area contributed by atoms with Gasteiger partial charge in [-0.25, -0.2) is 15.0 Å². The highest BCUT2D eigenvalue weighted by molar-refractivity contribution is 7.85. The van der Waals surface area contributed by atoms with Gasteiger partial charge >= 0.3 is 0 Å². The third-order valence-electron chi connectivity index (χ3n) is 4.34. The van der Waals surface area contributed by atoms with Gasteiger partial charge in [-0.3, -0.25) is 4.55 Å². The minimum absolute atomic E-state index is 0.0281. The average molecular weight is 421 g/mol. The van der Waals surface area contributed by atoms with Crippen LogP contribution in [0.2, 0.25) is 0 Å². The molecule has 9 heteroatoms. The summed E-state index contributed by atoms with van der Waals surface area (Å²) in [6.07, 6.45) is 0. The number of benzene rings is 3. The standard InChI is InChI=1S/C21H15N3O5S/c25-17-7-3-1-5-15(17)20-22-19(13-9-11-14(12-10-13)30(27,28)29)23-21(24-20)16-6-2-4-8-18(16)26/h1-12,25-26H,(H,27,28,29). The van der Waals surface area contributed by atoms with Crippen molar-refractivity contribution in [1.29, 1.82) is 0 Å². The highest BCUT2D eigenvalue weighted by atomic mass is 32.2. The summed E-state index contributed by atoms with van der Waals surface area (Å²) in [6, 6.07) is 18.4. The molecule has 0 unspecified atom stereocenters. The van der Waals surface area contributed by atoms with Crippen LogP contribution in [0.5, 0.6) is 11.5 Å². The number of hydrogen-bond donors (Lipinski definition) is 3. The van der Waals surface area contributed by atoms with Crippen molar-refractivity contribution in [2.75, 3.05) is 0 Å². The van der Waals surface area contributed by atoms with Gasteiger partial charge in [-0.15, -0.1) is 0 Å². The fourth-order valence-corrected chi connectivity index (χ4v) is 3.33. The van der Waals surface area contributed by atoms with Gasteiger partial charge in [0.05, 0.1) is 16.0 Å². The van der Waals surface area contributed by atoms with E-state index >= 15 is 0 Å². The smallest absolute Gasteiger partial charge is 0.294 e. The quantitative estimate of drug-likeness (QED) is 0.426. The second-order valence-electron chi connectivity index (χ2n) is 6.34. The molecule has 0 aliphatic heterocycles. The second-order valence-corrected chi connectivity index (χ2v) is 7.76. The monoisotopic (exact) mass is 421 g/mol. The molecule has 30 heavy (non-hydrogen) atoms. The lowest BCUT2D eigenvalue weighted by atomic mass is 10.1. The number of para-hydroxylation sites is 2. The Balaban J connectivity index is 1.92. The van der Waals surface area contributed by atoms with Gasteiger partial charge in [0.1, 0.15) is 11.5 Å². The van der Waals surface area contributed by atoms with Crippen molar-refractivity contribution >= 4 is 10.1 Å². The Morgan fingerprint density at radius 3 is 1.47 bits per heavy atom. The van der Waals surface area contributed by atoms with Crippen LogP contribution in [0.1, 0.15) is 0 Å². The van der Waals surface area contributed by atoms with Crippen molar-refractivity contribution in [3.63, 3.8) is 0 Å². The van der Waals surface area contributed by atoms with Crippen molar-refractivity contribution in [3.05, 3.63) is 72.8 Å². The van der Waals surface area contributed by atoms with Crippen LogP contribution in [0.3, 0.4) is 0 Å². The van der Waals surface area contributed by atoms with Crippen molar-refractivity contribution in [2.24, 2.45) is 0 Å². The van der Waals surface area contributed by atoms with Crippen LogP contribution in [0.15, 0.2) is 77.7 Å². The Morgan fingerprint density at radius 2 is 1.03 bits per heavy atom. The number of aromatic nitrogens is 3. The lowest BCUT2D eigenvalue weighted by Crippen LogP contribution is -2.01. The van der Waals surface area contributed by atoms with Crippen LogP contribution in [0.25, 0.3) is 34.2 Å². The van der Waals surface area contributed by atoms with E-state index in [4.69, 9.17) is 0 Å². The maximum atomic E-state index is 11.3. The number of aromatic hydroxyl groups is 2. The first-order valence-electron chi connectivity index (χ1n) is 8.73. The summed E-state index contributed by atoms with van der Waals surface area (Å²) in [5.74, 6) is 0.494. The molecule has 0 fully saturated rings. The molecule has 0 saturated heterocycles. The van der Waals surface area contributed by atoms with Gasteiger partial charge in [-0.1, -0.05) is 24.3 Å². The number of nitrogens with zero attached hydrogens (tertiary/aromatic N) is 3. The molecule has 1 heterocycles. The highest BCUT2D eigenvalue weighted by Crippen LogP contribution is 2.32. The lowest BCUT2D eigenvalue weighted by Gasteiger charge is -2.10. The molecule has 8 nitrogen and oxygen atoms in total. The van der Waals surface area contributed by atoms with Crippen molar-refractivity contribution in [2.45, 2.75) is 4.90 Å². The molecule has 150 valence electrons. The molecule has 0 spiro atoms. The summed E-state index contributed by atoms with van der Waals surface area (Å²) in [4.78, 5) is 12.9. The molecule has 0 aliphatic rings. The molecular formula is C21H15N3O5S. The lowest BCUT2D eigenvalue weighted by molar-refractivity contribution is 0.476. The van der Waals surface area contributed by atoms with Crippen LogP contribution in [0, 0.1) is 0 Å². The van der Waals surface area contributed by atoms with Gasteiger partial charge in [0.2, 0.25) is 0 Å². The number of phenolic OH excluding ortho intramolecular Hbond substituents is 2. The zero-order valence-electron chi connectivity index (χ0n) is 15.3. The summed E-state index contributed by atoms with van der Waals surface area (Å²) < 4.78 is 31.8. The van der Waals surface area contributed by atoms with Crippen LogP contribution in [0.4, 0.5) is 0 Å². The molecule has 4 rings (SSSR count). The molecular weight excluding hydrogens is 406 g/mol. The molecule has 0 radical (unpaired) electrons. The topological polar surface area (TPSA) is 134 Å². The molecule has 3 N–H and O–H groups in total. The summed E-state index contributed by atoms with van der Waals surface area (Å²) in [5.41, 5.74) is 1.19. The number of hydrogen-bond acceptors (Lipinski definition) is 7. The fraction of sp³-hybridized carbons (Fsp3) is 0. The van der Waals surface area contributed by atoms with Crippen molar-refractivity contribution in [1.82, 2.24) is 15.0 Å². The van der Waals surface area contributed by atoms with Crippen LogP contribution in [-0.2, 0) is 10.1 Å². The van der Waals surface area contributed by atoms with E-state index in [9.17, 15) is 23.2 Å². The fourth-order valence-electron chi connectivity index (χ4n) is 2.85. The third kappa shape index (κ3) is 3.84. The molecule has 0 aliphatic carbocycles. The van der Waals surface area contributed by atoms with Gasteiger partial charge in [0.15, 0.2) is 17.5 Å². The number of phenols is 2. The van der Waals surface area contributed by atoms with E-state index in [1.807, 2.05) is 0 Å². The van der Waals surface area contributed by atoms with Gasteiger partial charge in [0.25, 0.3) is 10.1 Å². The SMILES string of the molecule is O=S(=O)(O)c1ccc(-c2nc(-c3ccccc3O)nc(-c3ccccc3O)n2)cc1. The molecule has 0 saturated carbocycles. The zero-order chi connectivity index (χ0) is 21.3. The van der Waals surface area contributed by atoms with E-state index in [1.54, 1.807) is 36.4 Å². The maximum absolute atomic E-state index is 11.3.